The number of nitrogens with zero attached hydrogens (tertiary/aromatic N) is 3. The molecule has 4 aromatic rings. The maximum atomic E-state index is 14.1. The first kappa shape index (κ1) is 22.7. The Morgan fingerprint density at radius 3 is 2.69 bits per heavy atom. The van der Waals surface area contributed by atoms with Gasteiger partial charge in [0.1, 0.15) is 0 Å². The molecule has 0 aliphatic carbocycles. The van der Waals surface area contributed by atoms with Crippen molar-refractivity contribution in [1.29, 1.82) is 0 Å². The zero-order valence-corrected chi connectivity index (χ0v) is 19.5. The van der Waals surface area contributed by atoms with Gasteiger partial charge in [-0.05, 0) is 43.3 Å². The van der Waals surface area contributed by atoms with Crippen molar-refractivity contribution in [1.82, 2.24) is 14.8 Å². The van der Waals surface area contributed by atoms with E-state index in [1.54, 1.807) is 43.3 Å². The number of para-hydroxylation sites is 2. The van der Waals surface area contributed by atoms with Crippen molar-refractivity contribution in [3.8, 4) is 22.9 Å². The molecular weight excluding hydrogens is 471 g/mol. The predicted molar refractivity (Wildman–Crippen MR) is 129 cm³/mol. The van der Waals surface area contributed by atoms with E-state index in [1.165, 1.54) is 17.8 Å². The van der Waals surface area contributed by atoms with Crippen molar-refractivity contribution >= 4 is 23.4 Å². The molecule has 1 aliphatic heterocycles. The standard InChI is InChI=1S/C25H21FN4O4S/c1-16(34-20-10-6-5-9-19(20)26)24-28-29-25(30(24)18-7-3-2-4-8-18)35-14-23(31)27-17-11-12-21-22(13-17)33-15-32-21/h2-13,16H,14-15H2,1H3,(H,27,31). The van der Waals surface area contributed by atoms with E-state index in [2.05, 4.69) is 15.5 Å². The van der Waals surface area contributed by atoms with Crippen LogP contribution < -0.4 is 19.5 Å². The van der Waals surface area contributed by atoms with Gasteiger partial charge in [0.15, 0.2) is 40.2 Å². The lowest BCUT2D eigenvalue weighted by Crippen LogP contribution is -2.15. The van der Waals surface area contributed by atoms with Gasteiger partial charge < -0.3 is 19.5 Å². The number of hydrogen-bond acceptors (Lipinski definition) is 7. The van der Waals surface area contributed by atoms with E-state index < -0.39 is 11.9 Å². The first-order valence-corrected chi connectivity index (χ1v) is 11.8. The van der Waals surface area contributed by atoms with Crippen LogP contribution in [0.3, 0.4) is 0 Å². The van der Waals surface area contributed by atoms with Gasteiger partial charge in [-0.2, -0.15) is 0 Å². The molecule has 0 bridgehead atoms. The second-order valence-corrected chi connectivity index (χ2v) is 8.55. The molecule has 0 saturated heterocycles. The van der Waals surface area contributed by atoms with E-state index in [4.69, 9.17) is 14.2 Å². The van der Waals surface area contributed by atoms with Crippen LogP contribution >= 0.6 is 11.8 Å². The van der Waals surface area contributed by atoms with E-state index >= 15 is 0 Å². The van der Waals surface area contributed by atoms with E-state index in [0.29, 0.717) is 28.2 Å². The lowest BCUT2D eigenvalue weighted by atomic mass is 10.3. The van der Waals surface area contributed by atoms with Crippen molar-refractivity contribution in [2.24, 2.45) is 0 Å². The van der Waals surface area contributed by atoms with E-state index in [1.807, 2.05) is 34.9 Å². The van der Waals surface area contributed by atoms with Crippen LogP contribution in [-0.2, 0) is 4.79 Å². The van der Waals surface area contributed by atoms with Crippen LogP contribution in [0.5, 0.6) is 17.2 Å². The summed E-state index contributed by atoms with van der Waals surface area (Å²) < 4.78 is 32.4. The van der Waals surface area contributed by atoms with Gasteiger partial charge in [0.2, 0.25) is 12.7 Å². The largest absolute Gasteiger partial charge is 0.480 e. The Morgan fingerprint density at radius 1 is 1.09 bits per heavy atom. The average molecular weight is 493 g/mol. The summed E-state index contributed by atoms with van der Waals surface area (Å²) in [4.78, 5) is 12.6. The average Bonchev–Trinajstić information content (AvgIpc) is 3.51. The summed E-state index contributed by atoms with van der Waals surface area (Å²) in [6.07, 6.45) is -0.601. The first-order chi connectivity index (χ1) is 17.1. The monoisotopic (exact) mass is 492 g/mol. The first-order valence-electron chi connectivity index (χ1n) is 10.8. The van der Waals surface area contributed by atoms with Gasteiger partial charge in [0, 0.05) is 17.4 Å². The van der Waals surface area contributed by atoms with Gasteiger partial charge in [-0.15, -0.1) is 10.2 Å². The number of fused-ring (bicyclic) bond motifs is 1. The van der Waals surface area contributed by atoms with Gasteiger partial charge >= 0.3 is 0 Å². The maximum Gasteiger partial charge on any atom is 0.234 e. The molecular formula is C25H21FN4O4S. The summed E-state index contributed by atoms with van der Waals surface area (Å²) in [5, 5.41) is 12.0. The Labute approximate surface area is 205 Å². The molecule has 1 unspecified atom stereocenters. The van der Waals surface area contributed by atoms with Crippen molar-refractivity contribution < 1.29 is 23.4 Å². The molecule has 10 heteroatoms. The normalized spacial score (nSPS) is 12.9. The number of benzene rings is 3. The lowest BCUT2D eigenvalue weighted by molar-refractivity contribution is -0.113. The third kappa shape index (κ3) is 5.07. The van der Waals surface area contributed by atoms with Crippen LogP contribution in [0.2, 0.25) is 0 Å². The van der Waals surface area contributed by atoms with Crippen LogP contribution in [0.4, 0.5) is 10.1 Å². The van der Waals surface area contributed by atoms with E-state index in [0.717, 1.165) is 5.69 Å². The summed E-state index contributed by atoms with van der Waals surface area (Å²) in [6.45, 7) is 1.94. The highest BCUT2D eigenvalue weighted by atomic mass is 32.2. The second kappa shape index (κ2) is 10.1. The molecule has 1 atom stereocenters. The smallest absolute Gasteiger partial charge is 0.234 e. The fourth-order valence-corrected chi connectivity index (χ4v) is 4.30. The van der Waals surface area contributed by atoms with Gasteiger partial charge in [-0.3, -0.25) is 9.36 Å². The molecule has 5 rings (SSSR count). The van der Waals surface area contributed by atoms with Crippen molar-refractivity contribution in [3.63, 3.8) is 0 Å². The SMILES string of the molecule is CC(Oc1ccccc1F)c1nnc(SCC(=O)Nc2ccc3c(c2)OCO3)n1-c1ccccc1. The van der Waals surface area contributed by atoms with Crippen molar-refractivity contribution in [3.05, 3.63) is 84.4 Å². The van der Waals surface area contributed by atoms with Gasteiger partial charge in [0.05, 0.1) is 5.75 Å². The van der Waals surface area contributed by atoms with Crippen LogP contribution in [-0.4, -0.2) is 33.2 Å². The van der Waals surface area contributed by atoms with Crippen molar-refractivity contribution in [2.45, 2.75) is 18.2 Å². The van der Waals surface area contributed by atoms with Gasteiger partial charge in [-0.25, -0.2) is 4.39 Å². The molecule has 0 fully saturated rings. The molecule has 1 amide bonds. The summed E-state index contributed by atoms with van der Waals surface area (Å²) >= 11 is 1.23. The van der Waals surface area contributed by atoms with Crippen molar-refractivity contribution in [2.75, 3.05) is 17.9 Å². The second-order valence-electron chi connectivity index (χ2n) is 7.61. The Kier molecular flexibility index (Phi) is 6.53. The molecule has 0 radical (unpaired) electrons. The van der Waals surface area contributed by atoms with E-state index in [9.17, 15) is 9.18 Å². The Bertz CT molecular complexity index is 1350. The maximum absolute atomic E-state index is 14.1. The minimum absolute atomic E-state index is 0.0992. The van der Waals surface area contributed by atoms with Crippen LogP contribution in [0.25, 0.3) is 5.69 Å². The van der Waals surface area contributed by atoms with Crippen LogP contribution in [0, 0.1) is 5.82 Å². The summed E-state index contributed by atoms with van der Waals surface area (Å²) in [5.41, 5.74) is 1.41. The molecule has 8 nitrogen and oxygen atoms in total. The minimum Gasteiger partial charge on any atom is -0.480 e. The highest BCUT2D eigenvalue weighted by Crippen LogP contribution is 2.34. The summed E-state index contributed by atoms with van der Waals surface area (Å²) in [5.74, 6) is 1.27. The molecule has 1 aromatic heterocycles. The summed E-state index contributed by atoms with van der Waals surface area (Å²) in [6, 6.07) is 20.9. The van der Waals surface area contributed by atoms with Crippen LogP contribution in [0.1, 0.15) is 18.9 Å². The number of nitrogens with one attached hydrogen (secondary N) is 1. The number of amides is 1. The lowest BCUT2D eigenvalue weighted by Gasteiger charge is -2.17. The molecule has 178 valence electrons. The number of hydrogen-bond donors (Lipinski definition) is 1. The third-order valence-electron chi connectivity index (χ3n) is 5.17. The highest BCUT2D eigenvalue weighted by molar-refractivity contribution is 7.99. The number of carbonyl (C=O) groups excluding carboxylic acids is 1. The van der Waals surface area contributed by atoms with Gasteiger partial charge in [0.25, 0.3) is 0 Å². The Hall–Kier alpha value is -4.05. The number of carbonyl (C=O) groups is 1. The molecule has 2 heterocycles. The van der Waals surface area contributed by atoms with E-state index in [-0.39, 0.29) is 24.2 Å². The molecule has 35 heavy (non-hydrogen) atoms. The molecule has 1 aliphatic rings. The fraction of sp³-hybridized carbons (Fsp3) is 0.160. The highest BCUT2D eigenvalue weighted by Gasteiger charge is 2.22. The molecule has 0 saturated carbocycles. The fourth-order valence-electron chi connectivity index (χ4n) is 3.54. The topological polar surface area (TPSA) is 87.5 Å². The zero-order chi connectivity index (χ0) is 24.2. The number of rotatable bonds is 8. The number of ether oxygens (including phenoxy) is 3. The quantitative estimate of drug-likeness (QED) is 0.346. The minimum atomic E-state index is -0.601. The number of thioether (sulfide) groups is 1. The Morgan fingerprint density at radius 2 is 1.86 bits per heavy atom. The zero-order valence-electron chi connectivity index (χ0n) is 18.7. The number of aromatic nitrogens is 3. The molecule has 1 N–H and O–H groups in total. The number of halogens is 1. The molecule has 0 spiro atoms. The van der Waals surface area contributed by atoms with Gasteiger partial charge in [-0.1, -0.05) is 42.1 Å². The number of anilines is 1. The third-order valence-corrected chi connectivity index (χ3v) is 6.09. The molecule has 3 aromatic carbocycles. The predicted octanol–water partition coefficient (Wildman–Crippen LogP) is 5.01. The summed E-state index contributed by atoms with van der Waals surface area (Å²) in [7, 11) is 0. The van der Waals surface area contributed by atoms with Crippen LogP contribution in [0.15, 0.2) is 78.0 Å². The Balaban J connectivity index is 1.33.